The Balaban J connectivity index is 2.10. The maximum absolute atomic E-state index is 13.8. The second kappa shape index (κ2) is 8.48. The molecule has 1 fully saturated rings. The molecule has 1 aromatic rings. The van der Waals surface area contributed by atoms with Gasteiger partial charge in [-0.05, 0) is 19.1 Å². The van der Waals surface area contributed by atoms with Crippen molar-refractivity contribution in [1.29, 1.82) is 0 Å². The summed E-state index contributed by atoms with van der Waals surface area (Å²) < 4.78 is 58.8. The molecule has 0 spiro atoms. The number of carbonyl (C=O) groups is 1. The molecular formula is C16H21F4N3O2. The fourth-order valence-electron chi connectivity index (χ4n) is 2.71. The van der Waals surface area contributed by atoms with Crippen LogP contribution in [0.3, 0.4) is 0 Å². The monoisotopic (exact) mass is 363 g/mol. The van der Waals surface area contributed by atoms with Gasteiger partial charge in [0.05, 0.1) is 12.2 Å². The third kappa shape index (κ3) is 5.05. The van der Waals surface area contributed by atoms with Crippen LogP contribution < -0.4 is 15.4 Å². The Morgan fingerprint density at radius 2 is 2.04 bits per heavy atom. The van der Waals surface area contributed by atoms with Crippen molar-refractivity contribution in [3.05, 3.63) is 29.6 Å². The summed E-state index contributed by atoms with van der Waals surface area (Å²) in [6.45, 7) is 2.54. The van der Waals surface area contributed by atoms with Crippen molar-refractivity contribution in [3.8, 4) is 5.75 Å². The Kier molecular flexibility index (Phi) is 6.60. The molecule has 0 saturated carbocycles. The molecule has 0 radical (unpaired) electrons. The first kappa shape index (κ1) is 19.5. The van der Waals surface area contributed by atoms with Gasteiger partial charge in [-0.3, -0.25) is 9.69 Å². The Morgan fingerprint density at radius 1 is 1.36 bits per heavy atom. The number of carbonyl (C=O) groups excluding carboxylic acids is 1. The average molecular weight is 363 g/mol. The van der Waals surface area contributed by atoms with Crippen LogP contribution in [0.25, 0.3) is 0 Å². The van der Waals surface area contributed by atoms with E-state index in [1.807, 2.05) is 0 Å². The zero-order valence-corrected chi connectivity index (χ0v) is 13.8. The topological polar surface area (TPSA) is 53.6 Å². The van der Waals surface area contributed by atoms with E-state index in [2.05, 4.69) is 10.6 Å². The number of nitrogens with one attached hydrogen (secondary N) is 2. The standard InChI is InChI=1S/C16H21F4N3O2/c1-2-25-14-11(4-3-5-12(14)17)15(24)22-10-13(16(18,19)20)23-8-6-21-7-9-23/h3-5,13,21H,2,6-10H2,1H3,(H,22,24). The van der Waals surface area contributed by atoms with Crippen molar-refractivity contribution < 1.29 is 27.1 Å². The molecule has 1 atom stereocenters. The van der Waals surface area contributed by atoms with E-state index in [-0.39, 0.29) is 31.0 Å². The van der Waals surface area contributed by atoms with E-state index in [0.29, 0.717) is 13.1 Å². The molecule has 1 unspecified atom stereocenters. The molecule has 25 heavy (non-hydrogen) atoms. The van der Waals surface area contributed by atoms with Crippen molar-refractivity contribution in [2.75, 3.05) is 39.3 Å². The summed E-state index contributed by atoms with van der Waals surface area (Å²) >= 11 is 0. The van der Waals surface area contributed by atoms with Crippen LogP contribution in [0.2, 0.25) is 0 Å². The summed E-state index contributed by atoms with van der Waals surface area (Å²) in [7, 11) is 0. The molecule has 0 bridgehead atoms. The summed E-state index contributed by atoms with van der Waals surface area (Å²) in [5, 5.41) is 5.25. The van der Waals surface area contributed by atoms with Crippen LogP contribution >= 0.6 is 0 Å². The van der Waals surface area contributed by atoms with Crippen LogP contribution in [0.5, 0.6) is 5.75 Å². The summed E-state index contributed by atoms with van der Waals surface area (Å²) in [5.74, 6) is -1.79. The zero-order chi connectivity index (χ0) is 18.4. The highest BCUT2D eigenvalue weighted by molar-refractivity contribution is 5.97. The average Bonchev–Trinajstić information content (AvgIpc) is 2.56. The summed E-state index contributed by atoms with van der Waals surface area (Å²) in [6.07, 6.45) is -4.48. The van der Waals surface area contributed by atoms with Crippen molar-refractivity contribution in [2.45, 2.75) is 19.1 Å². The van der Waals surface area contributed by atoms with Crippen LogP contribution in [0, 0.1) is 5.82 Å². The van der Waals surface area contributed by atoms with Crippen molar-refractivity contribution in [3.63, 3.8) is 0 Å². The predicted octanol–water partition coefficient (Wildman–Crippen LogP) is 1.79. The number of benzene rings is 1. The summed E-state index contributed by atoms with van der Waals surface area (Å²) in [4.78, 5) is 13.5. The molecule has 5 nitrogen and oxygen atoms in total. The molecule has 0 aromatic heterocycles. The molecule has 1 aromatic carbocycles. The van der Waals surface area contributed by atoms with Gasteiger partial charge in [0.25, 0.3) is 5.91 Å². The Labute approximate surface area is 143 Å². The number of nitrogens with zero attached hydrogens (tertiary/aromatic N) is 1. The number of piperazine rings is 1. The summed E-state index contributed by atoms with van der Waals surface area (Å²) in [5.41, 5.74) is -0.122. The highest BCUT2D eigenvalue weighted by atomic mass is 19.4. The Morgan fingerprint density at radius 3 is 2.64 bits per heavy atom. The van der Waals surface area contributed by atoms with E-state index in [0.717, 1.165) is 6.07 Å². The molecule has 9 heteroatoms. The lowest BCUT2D eigenvalue weighted by Gasteiger charge is -2.35. The van der Waals surface area contributed by atoms with Crippen molar-refractivity contribution >= 4 is 5.91 Å². The fourth-order valence-corrected chi connectivity index (χ4v) is 2.71. The van der Waals surface area contributed by atoms with Gasteiger partial charge in [0.2, 0.25) is 0 Å². The van der Waals surface area contributed by atoms with Gasteiger partial charge in [-0.1, -0.05) is 6.07 Å². The molecule has 1 saturated heterocycles. The molecule has 1 amide bonds. The lowest BCUT2D eigenvalue weighted by molar-refractivity contribution is -0.183. The van der Waals surface area contributed by atoms with E-state index in [1.54, 1.807) is 6.92 Å². The zero-order valence-electron chi connectivity index (χ0n) is 13.8. The number of hydrogen-bond acceptors (Lipinski definition) is 4. The number of alkyl halides is 3. The third-order valence-corrected chi connectivity index (χ3v) is 3.93. The van der Waals surface area contributed by atoms with Crippen LogP contribution in [0.15, 0.2) is 18.2 Å². The number of halogens is 4. The molecule has 140 valence electrons. The number of amides is 1. The first-order chi connectivity index (χ1) is 11.8. The Hall–Kier alpha value is -1.87. The van der Waals surface area contributed by atoms with Gasteiger partial charge in [-0.25, -0.2) is 4.39 Å². The molecule has 1 aliphatic rings. The van der Waals surface area contributed by atoms with Gasteiger partial charge >= 0.3 is 6.18 Å². The van der Waals surface area contributed by atoms with Gasteiger partial charge in [0.1, 0.15) is 6.04 Å². The lowest BCUT2D eigenvalue weighted by Crippen LogP contribution is -2.57. The molecule has 2 N–H and O–H groups in total. The normalized spacial score (nSPS) is 17.2. The smallest absolute Gasteiger partial charge is 0.405 e. The maximum atomic E-state index is 13.8. The van der Waals surface area contributed by atoms with E-state index in [1.165, 1.54) is 17.0 Å². The first-order valence-electron chi connectivity index (χ1n) is 8.05. The molecular weight excluding hydrogens is 342 g/mol. The second-order valence-corrected chi connectivity index (χ2v) is 5.60. The fraction of sp³-hybridized carbons (Fsp3) is 0.562. The van der Waals surface area contributed by atoms with Crippen LogP contribution in [-0.4, -0.2) is 62.4 Å². The third-order valence-electron chi connectivity index (χ3n) is 3.93. The molecule has 1 heterocycles. The maximum Gasteiger partial charge on any atom is 0.405 e. The minimum absolute atomic E-state index is 0.122. The predicted molar refractivity (Wildman–Crippen MR) is 84.2 cm³/mol. The van der Waals surface area contributed by atoms with Gasteiger partial charge in [-0.15, -0.1) is 0 Å². The highest BCUT2D eigenvalue weighted by Gasteiger charge is 2.43. The van der Waals surface area contributed by atoms with Crippen LogP contribution in [0.1, 0.15) is 17.3 Å². The van der Waals surface area contributed by atoms with Crippen LogP contribution in [0.4, 0.5) is 17.6 Å². The summed E-state index contributed by atoms with van der Waals surface area (Å²) in [6, 6.07) is 1.96. The van der Waals surface area contributed by atoms with Gasteiger partial charge in [0.15, 0.2) is 11.6 Å². The first-order valence-corrected chi connectivity index (χ1v) is 8.05. The Bertz CT molecular complexity index is 589. The number of rotatable bonds is 6. The van der Waals surface area contributed by atoms with Crippen LogP contribution in [-0.2, 0) is 0 Å². The van der Waals surface area contributed by atoms with Gasteiger partial charge in [-0.2, -0.15) is 13.2 Å². The largest absolute Gasteiger partial charge is 0.490 e. The van der Waals surface area contributed by atoms with E-state index in [9.17, 15) is 22.4 Å². The van der Waals surface area contributed by atoms with E-state index < -0.39 is 30.5 Å². The quantitative estimate of drug-likeness (QED) is 0.757. The van der Waals surface area contributed by atoms with Gasteiger partial charge < -0.3 is 15.4 Å². The molecule has 0 aliphatic carbocycles. The SMILES string of the molecule is CCOc1c(F)cccc1C(=O)NCC(N1CCNCC1)C(F)(F)F. The second-order valence-electron chi connectivity index (χ2n) is 5.60. The minimum Gasteiger partial charge on any atom is -0.490 e. The van der Waals surface area contributed by atoms with E-state index >= 15 is 0 Å². The lowest BCUT2D eigenvalue weighted by atomic mass is 10.1. The van der Waals surface area contributed by atoms with Crippen molar-refractivity contribution in [1.82, 2.24) is 15.5 Å². The number of ether oxygens (including phenoxy) is 1. The molecule has 1 aliphatic heterocycles. The highest BCUT2D eigenvalue weighted by Crippen LogP contribution is 2.26. The van der Waals surface area contributed by atoms with Gasteiger partial charge in [0, 0.05) is 32.7 Å². The van der Waals surface area contributed by atoms with E-state index in [4.69, 9.17) is 4.74 Å². The minimum atomic E-state index is -4.48. The van der Waals surface area contributed by atoms with Crippen molar-refractivity contribution in [2.24, 2.45) is 0 Å². The number of hydrogen-bond donors (Lipinski definition) is 2. The number of para-hydroxylation sites is 1. The molecule has 2 rings (SSSR count).